The van der Waals surface area contributed by atoms with Crippen molar-refractivity contribution in [1.82, 2.24) is 4.90 Å². The van der Waals surface area contributed by atoms with Gasteiger partial charge in [0.15, 0.2) is 5.17 Å². The molecule has 0 radical (unpaired) electrons. The summed E-state index contributed by atoms with van der Waals surface area (Å²) >= 11 is 1.54. The van der Waals surface area contributed by atoms with Crippen LogP contribution in [-0.4, -0.2) is 34.3 Å². The van der Waals surface area contributed by atoms with Gasteiger partial charge in [0.05, 0.1) is 17.3 Å². The van der Waals surface area contributed by atoms with Crippen LogP contribution < -0.4 is 0 Å². The summed E-state index contributed by atoms with van der Waals surface area (Å²) in [6.07, 6.45) is 2.89. The molecule has 1 fully saturated rings. The second-order valence-electron chi connectivity index (χ2n) is 6.14. The molecular weight excluding hydrogens is 348 g/mol. The van der Waals surface area contributed by atoms with Crippen LogP contribution >= 0.6 is 11.8 Å². The summed E-state index contributed by atoms with van der Waals surface area (Å²) < 4.78 is 5.28. The molecule has 0 saturated carbocycles. The number of hydrogen-bond acceptors (Lipinski definition) is 5. The Morgan fingerprint density at radius 2 is 2.15 bits per heavy atom. The summed E-state index contributed by atoms with van der Waals surface area (Å²) in [6, 6.07) is 7.51. The van der Waals surface area contributed by atoms with Gasteiger partial charge in [0.2, 0.25) is 5.91 Å². The van der Waals surface area contributed by atoms with Gasteiger partial charge in [-0.3, -0.25) is 9.69 Å². The van der Waals surface area contributed by atoms with Crippen molar-refractivity contribution in [3.05, 3.63) is 59.3 Å². The first-order valence-electron chi connectivity index (χ1n) is 8.68. The minimum absolute atomic E-state index is 0.0198. The van der Waals surface area contributed by atoms with E-state index in [1.807, 2.05) is 24.3 Å². The number of aryl methyl sites for hydroxylation is 1. The number of aliphatic imine (C=N–C) groups is 1. The zero-order chi connectivity index (χ0) is 18.7. The van der Waals surface area contributed by atoms with Crippen LogP contribution in [0.1, 0.15) is 37.4 Å². The standard InChI is InChI=1S/C20H22N2O3S/c1-4-11-25-19(24)17-13(3)21-20-22(16(23)10-12-26-20)18(17)15-8-6-14(5-2)7-9-15/h4,6-9,18H,1,5,10-12H2,2-3H3/t18-/m1/s1. The van der Waals surface area contributed by atoms with E-state index in [1.165, 1.54) is 11.6 Å². The maximum atomic E-state index is 12.7. The average Bonchev–Trinajstić information content (AvgIpc) is 2.65. The first-order chi connectivity index (χ1) is 12.6. The third kappa shape index (κ3) is 3.46. The quantitative estimate of drug-likeness (QED) is 0.587. The summed E-state index contributed by atoms with van der Waals surface area (Å²) in [5.41, 5.74) is 3.09. The molecule has 6 heteroatoms. The molecule has 1 amide bonds. The second kappa shape index (κ2) is 7.91. The Labute approximate surface area is 157 Å². The van der Waals surface area contributed by atoms with E-state index in [1.54, 1.807) is 23.6 Å². The highest BCUT2D eigenvalue weighted by molar-refractivity contribution is 8.14. The van der Waals surface area contributed by atoms with Gasteiger partial charge in [0.25, 0.3) is 0 Å². The van der Waals surface area contributed by atoms with Crippen molar-refractivity contribution < 1.29 is 14.3 Å². The molecule has 136 valence electrons. The van der Waals surface area contributed by atoms with Crippen LogP contribution in [-0.2, 0) is 20.7 Å². The number of nitrogens with zero attached hydrogens (tertiary/aromatic N) is 2. The van der Waals surface area contributed by atoms with Crippen LogP contribution in [0.5, 0.6) is 0 Å². The molecule has 0 aliphatic carbocycles. The molecule has 2 aliphatic heterocycles. The Hall–Kier alpha value is -2.34. The number of carbonyl (C=O) groups is 2. The van der Waals surface area contributed by atoms with Gasteiger partial charge in [-0.05, 0) is 24.5 Å². The van der Waals surface area contributed by atoms with Gasteiger partial charge in [-0.2, -0.15) is 0 Å². The molecule has 26 heavy (non-hydrogen) atoms. The first kappa shape index (κ1) is 18.5. The fraction of sp³-hybridized carbons (Fsp3) is 0.350. The number of hydrogen-bond donors (Lipinski definition) is 0. The van der Waals surface area contributed by atoms with Crippen molar-refractivity contribution in [3.63, 3.8) is 0 Å². The number of thioether (sulfide) groups is 1. The zero-order valence-corrected chi connectivity index (χ0v) is 15.8. The van der Waals surface area contributed by atoms with Crippen LogP contribution in [0.2, 0.25) is 0 Å². The van der Waals surface area contributed by atoms with Gasteiger partial charge < -0.3 is 4.74 Å². The van der Waals surface area contributed by atoms with Crippen LogP contribution in [0.3, 0.4) is 0 Å². The zero-order valence-electron chi connectivity index (χ0n) is 15.0. The van der Waals surface area contributed by atoms with E-state index in [9.17, 15) is 9.59 Å². The molecule has 2 heterocycles. The molecule has 0 unspecified atom stereocenters. The molecule has 0 aromatic heterocycles. The number of amides is 1. The Morgan fingerprint density at radius 1 is 1.42 bits per heavy atom. The maximum absolute atomic E-state index is 12.7. The lowest BCUT2D eigenvalue weighted by atomic mass is 9.93. The summed E-state index contributed by atoms with van der Waals surface area (Å²) in [4.78, 5) is 31.5. The van der Waals surface area contributed by atoms with Gasteiger partial charge in [0.1, 0.15) is 6.61 Å². The number of rotatable bonds is 5. The van der Waals surface area contributed by atoms with Crippen LogP contribution in [0.25, 0.3) is 0 Å². The molecule has 0 bridgehead atoms. The summed E-state index contributed by atoms with van der Waals surface area (Å²) in [6.45, 7) is 7.59. The van der Waals surface area contributed by atoms with Crippen LogP contribution in [0.4, 0.5) is 0 Å². The molecule has 2 aliphatic rings. The third-order valence-corrected chi connectivity index (χ3v) is 5.42. The maximum Gasteiger partial charge on any atom is 0.338 e. The Morgan fingerprint density at radius 3 is 2.81 bits per heavy atom. The number of benzene rings is 1. The average molecular weight is 370 g/mol. The van der Waals surface area contributed by atoms with Gasteiger partial charge in [-0.15, -0.1) is 0 Å². The van der Waals surface area contributed by atoms with E-state index in [4.69, 9.17) is 4.74 Å². The van der Waals surface area contributed by atoms with E-state index in [0.717, 1.165) is 12.0 Å². The number of allylic oxidation sites excluding steroid dienone is 1. The number of fused-ring (bicyclic) bond motifs is 1. The Balaban J connectivity index is 2.09. The molecule has 1 saturated heterocycles. The number of ether oxygens (including phenoxy) is 1. The molecule has 5 nitrogen and oxygen atoms in total. The van der Waals surface area contributed by atoms with Crippen LogP contribution in [0, 0.1) is 0 Å². The van der Waals surface area contributed by atoms with Gasteiger partial charge in [-0.25, -0.2) is 9.79 Å². The largest absolute Gasteiger partial charge is 0.458 e. The number of esters is 1. The molecule has 0 N–H and O–H groups in total. The molecular formula is C20H22N2O3S. The van der Waals surface area contributed by atoms with Crippen molar-refractivity contribution >= 4 is 28.8 Å². The first-order valence-corrected chi connectivity index (χ1v) is 9.66. The predicted molar refractivity (Wildman–Crippen MR) is 104 cm³/mol. The monoisotopic (exact) mass is 370 g/mol. The highest BCUT2D eigenvalue weighted by Gasteiger charge is 2.41. The van der Waals surface area contributed by atoms with Crippen molar-refractivity contribution in [2.75, 3.05) is 12.4 Å². The fourth-order valence-corrected chi connectivity index (χ4v) is 4.13. The van der Waals surface area contributed by atoms with Crippen LogP contribution in [0.15, 0.2) is 53.2 Å². The molecule has 1 aromatic carbocycles. The summed E-state index contributed by atoms with van der Waals surface area (Å²) in [7, 11) is 0. The van der Waals surface area contributed by atoms with Gasteiger partial charge in [0, 0.05) is 12.2 Å². The smallest absolute Gasteiger partial charge is 0.338 e. The van der Waals surface area contributed by atoms with E-state index in [2.05, 4.69) is 18.5 Å². The minimum atomic E-state index is -0.508. The van der Waals surface area contributed by atoms with Crippen molar-refractivity contribution in [2.45, 2.75) is 32.7 Å². The molecule has 1 atom stereocenters. The molecule has 3 rings (SSSR count). The van der Waals surface area contributed by atoms with E-state index in [0.29, 0.717) is 28.6 Å². The second-order valence-corrected chi connectivity index (χ2v) is 7.20. The number of amidine groups is 1. The number of carbonyl (C=O) groups excluding carboxylic acids is 2. The lowest BCUT2D eigenvalue weighted by Crippen LogP contribution is -2.45. The van der Waals surface area contributed by atoms with Gasteiger partial charge in [-0.1, -0.05) is 55.6 Å². The van der Waals surface area contributed by atoms with Crippen molar-refractivity contribution in [1.29, 1.82) is 0 Å². The highest BCUT2D eigenvalue weighted by Crippen LogP contribution is 2.40. The lowest BCUT2D eigenvalue weighted by Gasteiger charge is -2.38. The van der Waals surface area contributed by atoms with E-state index in [-0.39, 0.29) is 12.5 Å². The Kier molecular flexibility index (Phi) is 5.61. The topological polar surface area (TPSA) is 59.0 Å². The van der Waals surface area contributed by atoms with E-state index < -0.39 is 12.0 Å². The molecule has 1 aromatic rings. The summed E-state index contributed by atoms with van der Waals surface area (Å²) in [5, 5.41) is 0.656. The van der Waals surface area contributed by atoms with Crippen molar-refractivity contribution in [3.8, 4) is 0 Å². The van der Waals surface area contributed by atoms with Gasteiger partial charge >= 0.3 is 5.97 Å². The van der Waals surface area contributed by atoms with E-state index >= 15 is 0 Å². The third-order valence-electron chi connectivity index (χ3n) is 4.46. The Bertz CT molecular complexity index is 796. The SMILES string of the molecule is C=CCOC(=O)C1=C(C)N=C2SCCC(=O)N2[C@@H]1c1ccc(CC)cc1. The summed E-state index contributed by atoms with van der Waals surface area (Å²) in [5.74, 6) is 0.228. The highest BCUT2D eigenvalue weighted by atomic mass is 32.2. The minimum Gasteiger partial charge on any atom is -0.458 e. The molecule has 0 spiro atoms. The predicted octanol–water partition coefficient (Wildman–Crippen LogP) is 3.63. The normalized spacial score (nSPS) is 19.8. The lowest BCUT2D eigenvalue weighted by molar-refractivity contribution is -0.139. The fourth-order valence-electron chi connectivity index (χ4n) is 3.12. The van der Waals surface area contributed by atoms with Crippen molar-refractivity contribution in [2.24, 2.45) is 4.99 Å².